The zero-order valence-corrected chi connectivity index (χ0v) is 24.5. The van der Waals surface area contributed by atoms with E-state index in [1.54, 1.807) is 42.5 Å². The third-order valence-electron chi connectivity index (χ3n) is 6.31. The van der Waals surface area contributed by atoms with Gasteiger partial charge in [-0.25, -0.2) is 8.42 Å². The number of anilines is 1. The second-order valence-corrected chi connectivity index (χ2v) is 12.2. The second kappa shape index (κ2) is 13.8. The minimum Gasteiger partial charge on any atom is -0.352 e. The van der Waals surface area contributed by atoms with Gasteiger partial charge in [-0.1, -0.05) is 78.7 Å². The van der Waals surface area contributed by atoms with E-state index >= 15 is 0 Å². The highest BCUT2D eigenvalue weighted by Gasteiger charge is 2.33. The first-order chi connectivity index (χ1) is 18.5. The van der Waals surface area contributed by atoms with Crippen molar-refractivity contribution in [2.75, 3.05) is 17.1 Å². The number of hydrogen-bond acceptors (Lipinski definition) is 4. The zero-order chi connectivity index (χ0) is 28.6. The molecule has 0 radical (unpaired) electrons. The molecule has 0 fully saturated rings. The Balaban J connectivity index is 2.05. The van der Waals surface area contributed by atoms with Gasteiger partial charge in [0, 0.05) is 29.1 Å². The molecule has 3 rings (SSSR count). The van der Waals surface area contributed by atoms with Crippen LogP contribution in [0.5, 0.6) is 0 Å². The molecule has 0 spiro atoms. The normalized spacial score (nSPS) is 12.8. The molecule has 0 aromatic heterocycles. The maximum Gasteiger partial charge on any atom is 0.244 e. The maximum absolute atomic E-state index is 14.0. The number of carbonyl (C=O) groups excluding carboxylic acids is 2. The van der Waals surface area contributed by atoms with Crippen molar-refractivity contribution in [2.24, 2.45) is 0 Å². The number of hydrogen-bond donors (Lipinski definition) is 1. The van der Waals surface area contributed by atoms with Crippen molar-refractivity contribution in [3.05, 3.63) is 100 Å². The molecule has 3 aromatic rings. The van der Waals surface area contributed by atoms with Crippen molar-refractivity contribution in [2.45, 2.75) is 45.3 Å². The quantitative estimate of drug-likeness (QED) is 0.310. The fraction of sp³-hybridized carbons (Fsp3) is 0.310. The SMILES string of the molecule is CC[C@@H](C)NC(=O)[C@@H](Cc1ccccc1)N(Cc1ccc(Cl)cc1)C(=O)CN(c1cccc(Cl)c1)S(C)(=O)=O. The van der Waals surface area contributed by atoms with Crippen molar-refractivity contribution in [1.82, 2.24) is 10.2 Å². The standard InChI is InChI=1S/C29H33Cl2N3O4S/c1-4-21(2)32-29(36)27(17-22-9-6-5-7-10-22)33(19-23-13-15-24(30)16-14-23)28(35)20-34(39(3,37)38)26-12-8-11-25(31)18-26/h5-16,18,21,27H,4,17,19-20H2,1-3H3,(H,32,36)/t21-,27-/m1/s1. The highest BCUT2D eigenvalue weighted by Crippen LogP contribution is 2.23. The van der Waals surface area contributed by atoms with Gasteiger partial charge >= 0.3 is 0 Å². The fourth-order valence-electron chi connectivity index (χ4n) is 4.03. The molecule has 7 nitrogen and oxygen atoms in total. The van der Waals surface area contributed by atoms with Crippen molar-refractivity contribution < 1.29 is 18.0 Å². The summed E-state index contributed by atoms with van der Waals surface area (Å²) in [7, 11) is -3.86. The Morgan fingerprint density at radius 2 is 1.56 bits per heavy atom. The van der Waals surface area contributed by atoms with Gasteiger partial charge < -0.3 is 10.2 Å². The molecule has 2 amide bonds. The molecular formula is C29H33Cl2N3O4S. The molecule has 0 saturated carbocycles. The van der Waals surface area contributed by atoms with Crippen LogP contribution in [0.3, 0.4) is 0 Å². The summed E-state index contributed by atoms with van der Waals surface area (Å²) in [6.45, 7) is 3.43. The molecular weight excluding hydrogens is 557 g/mol. The zero-order valence-electron chi connectivity index (χ0n) is 22.2. The summed E-state index contributed by atoms with van der Waals surface area (Å²) in [5.74, 6) is -0.847. The average Bonchev–Trinajstić information content (AvgIpc) is 2.90. The van der Waals surface area contributed by atoms with Crippen molar-refractivity contribution in [3.63, 3.8) is 0 Å². The summed E-state index contributed by atoms with van der Waals surface area (Å²) in [5.41, 5.74) is 1.87. The summed E-state index contributed by atoms with van der Waals surface area (Å²) in [4.78, 5) is 29.1. The van der Waals surface area contributed by atoms with E-state index in [9.17, 15) is 18.0 Å². The summed E-state index contributed by atoms with van der Waals surface area (Å²) >= 11 is 12.2. The molecule has 39 heavy (non-hydrogen) atoms. The summed E-state index contributed by atoms with van der Waals surface area (Å²) in [5, 5.41) is 3.87. The lowest BCUT2D eigenvalue weighted by Crippen LogP contribution is -2.54. The molecule has 2 atom stereocenters. The number of benzene rings is 3. The van der Waals surface area contributed by atoms with Gasteiger partial charge in [-0.2, -0.15) is 0 Å². The Bertz CT molecular complexity index is 1370. The first-order valence-electron chi connectivity index (χ1n) is 12.6. The van der Waals surface area contributed by atoms with Crippen LogP contribution in [0.4, 0.5) is 5.69 Å². The fourth-order valence-corrected chi connectivity index (χ4v) is 5.18. The van der Waals surface area contributed by atoms with Crippen LogP contribution in [0.1, 0.15) is 31.4 Å². The van der Waals surface area contributed by atoms with E-state index in [1.165, 1.54) is 11.0 Å². The molecule has 0 aliphatic rings. The Kier molecular flexibility index (Phi) is 10.8. The van der Waals surface area contributed by atoms with Gasteiger partial charge in [0.25, 0.3) is 0 Å². The van der Waals surface area contributed by atoms with Crippen molar-refractivity contribution in [3.8, 4) is 0 Å². The highest BCUT2D eigenvalue weighted by atomic mass is 35.5. The number of nitrogens with one attached hydrogen (secondary N) is 1. The number of halogens is 2. The minimum atomic E-state index is -3.86. The maximum atomic E-state index is 14.0. The molecule has 0 aliphatic carbocycles. The van der Waals surface area contributed by atoms with E-state index in [2.05, 4.69) is 5.32 Å². The van der Waals surface area contributed by atoms with Crippen LogP contribution in [-0.4, -0.2) is 50.0 Å². The number of nitrogens with zero attached hydrogens (tertiary/aromatic N) is 2. The summed E-state index contributed by atoms with van der Waals surface area (Å²) in [6, 6.07) is 21.7. The first-order valence-corrected chi connectivity index (χ1v) is 15.2. The van der Waals surface area contributed by atoms with Crippen LogP contribution in [0.15, 0.2) is 78.9 Å². The Morgan fingerprint density at radius 1 is 0.897 bits per heavy atom. The molecule has 0 bridgehead atoms. The van der Waals surface area contributed by atoms with Crippen LogP contribution >= 0.6 is 23.2 Å². The van der Waals surface area contributed by atoms with Gasteiger partial charge in [0.1, 0.15) is 12.6 Å². The Labute approximate surface area is 240 Å². The van der Waals surface area contributed by atoms with Gasteiger partial charge in [0.2, 0.25) is 21.8 Å². The van der Waals surface area contributed by atoms with Crippen molar-refractivity contribution >= 4 is 50.7 Å². The topological polar surface area (TPSA) is 86.8 Å². The molecule has 0 saturated heterocycles. The third kappa shape index (κ3) is 8.98. The van der Waals surface area contributed by atoms with E-state index in [1.807, 2.05) is 44.2 Å². The molecule has 0 unspecified atom stereocenters. The molecule has 0 heterocycles. The second-order valence-electron chi connectivity index (χ2n) is 9.42. The molecule has 1 N–H and O–H groups in total. The molecule has 10 heteroatoms. The lowest BCUT2D eigenvalue weighted by Gasteiger charge is -2.34. The van der Waals surface area contributed by atoms with Crippen LogP contribution in [0.25, 0.3) is 0 Å². The van der Waals surface area contributed by atoms with E-state index < -0.39 is 28.5 Å². The lowest BCUT2D eigenvalue weighted by atomic mass is 10.0. The monoisotopic (exact) mass is 589 g/mol. The Hall–Kier alpha value is -3.07. The van der Waals surface area contributed by atoms with Gasteiger partial charge in [-0.05, 0) is 54.8 Å². The number of carbonyl (C=O) groups is 2. The third-order valence-corrected chi connectivity index (χ3v) is 7.94. The largest absolute Gasteiger partial charge is 0.352 e. The average molecular weight is 591 g/mol. The number of sulfonamides is 1. The highest BCUT2D eigenvalue weighted by molar-refractivity contribution is 7.92. The predicted molar refractivity (Wildman–Crippen MR) is 157 cm³/mol. The van der Waals surface area contributed by atoms with E-state index in [-0.39, 0.29) is 30.6 Å². The van der Waals surface area contributed by atoms with Gasteiger partial charge in [-0.3, -0.25) is 13.9 Å². The van der Waals surface area contributed by atoms with Crippen LogP contribution in [-0.2, 0) is 32.6 Å². The van der Waals surface area contributed by atoms with Gasteiger partial charge in [0.05, 0.1) is 11.9 Å². The van der Waals surface area contributed by atoms with Crippen LogP contribution in [0, 0.1) is 0 Å². The van der Waals surface area contributed by atoms with Gasteiger partial charge in [0.15, 0.2) is 0 Å². The summed E-state index contributed by atoms with van der Waals surface area (Å²) in [6.07, 6.45) is 1.99. The van der Waals surface area contributed by atoms with E-state index in [4.69, 9.17) is 23.2 Å². The number of rotatable bonds is 12. The van der Waals surface area contributed by atoms with Gasteiger partial charge in [-0.15, -0.1) is 0 Å². The van der Waals surface area contributed by atoms with Crippen molar-refractivity contribution in [1.29, 1.82) is 0 Å². The molecule has 0 aliphatic heterocycles. The molecule has 3 aromatic carbocycles. The lowest BCUT2D eigenvalue weighted by molar-refractivity contribution is -0.140. The van der Waals surface area contributed by atoms with E-state index in [0.29, 0.717) is 16.5 Å². The predicted octanol–water partition coefficient (Wildman–Crippen LogP) is 5.31. The van der Waals surface area contributed by atoms with E-state index in [0.717, 1.165) is 21.7 Å². The Morgan fingerprint density at radius 3 is 2.15 bits per heavy atom. The summed E-state index contributed by atoms with van der Waals surface area (Å²) < 4.78 is 26.6. The number of amides is 2. The first kappa shape index (κ1) is 30.5. The molecule has 208 valence electrons. The smallest absolute Gasteiger partial charge is 0.244 e. The van der Waals surface area contributed by atoms with Crippen LogP contribution < -0.4 is 9.62 Å². The van der Waals surface area contributed by atoms with Crippen LogP contribution in [0.2, 0.25) is 10.0 Å². The minimum absolute atomic E-state index is 0.0780.